The molecule has 1 aromatic heterocycles. The highest BCUT2D eigenvalue weighted by Crippen LogP contribution is 2.24. The lowest BCUT2D eigenvalue weighted by Crippen LogP contribution is -2.38. The number of carbonyl (C=O) groups excluding carboxylic acids is 1. The van der Waals surface area contributed by atoms with Gasteiger partial charge in [-0.1, -0.05) is 11.8 Å². The number of hydrogen-bond donors (Lipinski definition) is 0. The summed E-state index contributed by atoms with van der Waals surface area (Å²) >= 11 is 1.17. The smallest absolute Gasteiger partial charge is 0.228 e. The second-order valence-corrected chi connectivity index (χ2v) is 6.40. The van der Waals surface area contributed by atoms with E-state index in [2.05, 4.69) is 15.1 Å². The summed E-state index contributed by atoms with van der Waals surface area (Å²) in [5.74, 6) is -1.15. The van der Waals surface area contributed by atoms with E-state index in [9.17, 15) is 13.6 Å². The van der Waals surface area contributed by atoms with E-state index in [0.717, 1.165) is 37.2 Å². The molecule has 0 bridgehead atoms. The molecule has 0 spiro atoms. The fraction of sp³-hybridized carbons (Fsp3) is 0.438. The van der Waals surface area contributed by atoms with Crippen LogP contribution in [0.1, 0.15) is 17.3 Å². The second kappa shape index (κ2) is 7.92. The first kappa shape index (κ1) is 17.8. The molecule has 0 N–H and O–H groups in total. The molecule has 0 aliphatic carbocycles. The van der Waals surface area contributed by atoms with E-state index in [1.165, 1.54) is 11.8 Å². The molecule has 1 fully saturated rings. The number of aromatic nitrogens is 3. The molecule has 0 radical (unpaired) electrons. The van der Waals surface area contributed by atoms with Gasteiger partial charge >= 0.3 is 0 Å². The molecule has 0 atom stereocenters. The molecule has 1 saturated heterocycles. The fourth-order valence-electron chi connectivity index (χ4n) is 2.58. The summed E-state index contributed by atoms with van der Waals surface area (Å²) in [5, 5.41) is 8.93. The summed E-state index contributed by atoms with van der Waals surface area (Å²) in [6.45, 7) is 5.34. The van der Waals surface area contributed by atoms with E-state index in [4.69, 9.17) is 4.74 Å². The van der Waals surface area contributed by atoms with Crippen LogP contribution in [0.4, 0.5) is 14.7 Å². The number of thioether (sulfide) groups is 1. The minimum absolute atomic E-state index is 0.0401. The van der Waals surface area contributed by atoms with Crippen LogP contribution >= 0.6 is 11.8 Å². The van der Waals surface area contributed by atoms with E-state index in [1.807, 2.05) is 11.5 Å². The first-order valence-corrected chi connectivity index (χ1v) is 8.95. The Hall–Kier alpha value is -2.00. The van der Waals surface area contributed by atoms with Crippen LogP contribution in [-0.4, -0.2) is 52.6 Å². The van der Waals surface area contributed by atoms with Crippen LogP contribution in [0.2, 0.25) is 0 Å². The summed E-state index contributed by atoms with van der Waals surface area (Å²) in [6, 6.07) is 2.86. The van der Waals surface area contributed by atoms with Gasteiger partial charge in [0.1, 0.15) is 11.6 Å². The van der Waals surface area contributed by atoms with E-state index < -0.39 is 17.4 Å². The van der Waals surface area contributed by atoms with Crippen molar-refractivity contribution in [1.29, 1.82) is 0 Å². The number of morpholine rings is 1. The van der Waals surface area contributed by atoms with Crippen LogP contribution in [-0.2, 0) is 11.3 Å². The maximum Gasteiger partial charge on any atom is 0.228 e. The number of ketones is 1. The van der Waals surface area contributed by atoms with Gasteiger partial charge in [-0.2, -0.15) is 0 Å². The number of nitrogens with zero attached hydrogens (tertiary/aromatic N) is 4. The zero-order chi connectivity index (χ0) is 17.8. The SMILES string of the molecule is CCn1c(SCC(=O)c2cc(F)ccc2F)nnc1N1CCOCC1. The number of ether oxygens (including phenoxy) is 1. The minimum atomic E-state index is -0.724. The Morgan fingerprint density at radius 2 is 2.04 bits per heavy atom. The van der Waals surface area contributed by atoms with Crippen LogP contribution in [0.3, 0.4) is 0 Å². The predicted octanol–water partition coefficient (Wildman–Crippen LogP) is 2.39. The first-order chi connectivity index (χ1) is 12.1. The largest absolute Gasteiger partial charge is 0.378 e. The van der Waals surface area contributed by atoms with Crippen LogP contribution in [0, 0.1) is 11.6 Å². The molecule has 2 heterocycles. The lowest BCUT2D eigenvalue weighted by molar-refractivity contribution is 0.101. The van der Waals surface area contributed by atoms with Gasteiger partial charge in [-0.3, -0.25) is 9.36 Å². The maximum absolute atomic E-state index is 13.7. The number of benzene rings is 1. The minimum Gasteiger partial charge on any atom is -0.378 e. The van der Waals surface area contributed by atoms with Gasteiger partial charge in [-0.25, -0.2) is 8.78 Å². The summed E-state index contributed by atoms with van der Waals surface area (Å²) in [7, 11) is 0. The summed E-state index contributed by atoms with van der Waals surface area (Å²) in [6.07, 6.45) is 0. The van der Waals surface area contributed by atoms with E-state index >= 15 is 0 Å². The Kier molecular flexibility index (Phi) is 5.64. The van der Waals surface area contributed by atoms with Crippen molar-refractivity contribution in [2.24, 2.45) is 0 Å². The van der Waals surface area contributed by atoms with Crippen molar-refractivity contribution in [2.45, 2.75) is 18.6 Å². The van der Waals surface area contributed by atoms with Gasteiger partial charge in [-0.05, 0) is 25.1 Å². The lowest BCUT2D eigenvalue weighted by atomic mass is 10.1. The Morgan fingerprint density at radius 3 is 2.76 bits per heavy atom. The van der Waals surface area contributed by atoms with Crippen LogP contribution in [0.5, 0.6) is 0 Å². The van der Waals surface area contributed by atoms with Gasteiger partial charge in [0.2, 0.25) is 5.95 Å². The number of anilines is 1. The quantitative estimate of drug-likeness (QED) is 0.576. The number of halogens is 2. The van der Waals surface area contributed by atoms with Gasteiger partial charge in [-0.15, -0.1) is 10.2 Å². The third kappa shape index (κ3) is 3.98. The Labute approximate surface area is 148 Å². The average molecular weight is 368 g/mol. The van der Waals surface area contributed by atoms with Gasteiger partial charge in [0.25, 0.3) is 0 Å². The molecular weight excluding hydrogens is 350 g/mol. The van der Waals surface area contributed by atoms with Crippen LogP contribution in [0.15, 0.2) is 23.4 Å². The van der Waals surface area contributed by atoms with E-state index in [0.29, 0.717) is 24.9 Å². The maximum atomic E-state index is 13.7. The molecule has 1 aliphatic rings. The zero-order valence-corrected chi connectivity index (χ0v) is 14.6. The first-order valence-electron chi connectivity index (χ1n) is 7.97. The average Bonchev–Trinajstić information content (AvgIpc) is 3.05. The number of Topliss-reactive ketones (excluding diaryl/α,β-unsaturated/α-hetero) is 1. The zero-order valence-electron chi connectivity index (χ0n) is 13.7. The monoisotopic (exact) mass is 368 g/mol. The number of rotatable bonds is 6. The highest BCUT2D eigenvalue weighted by molar-refractivity contribution is 7.99. The Bertz CT molecular complexity index is 763. The Morgan fingerprint density at radius 1 is 1.28 bits per heavy atom. The van der Waals surface area contributed by atoms with Crippen molar-refractivity contribution in [1.82, 2.24) is 14.8 Å². The fourth-order valence-corrected chi connectivity index (χ4v) is 3.46. The number of carbonyl (C=O) groups is 1. The van der Waals surface area contributed by atoms with Crippen LogP contribution < -0.4 is 4.90 Å². The summed E-state index contributed by atoms with van der Waals surface area (Å²) in [5.41, 5.74) is -0.247. The highest BCUT2D eigenvalue weighted by atomic mass is 32.2. The van der Waals surface area contributed by atoms with E-state index in [-0.39, 0.29) is 11.3 Å². The van der Waals surface area contributed by atoms with E-state index in [1.54, 1.807) is 0 Å². The van der Waals surface area contributed by atoms with Crippen molar-refractivity contribution in [3.8, 4) is 0 Å². The molecule has 3 rings (SSSR count). The normalized spacial score (nSPS) is 14.8. The molecule has 0 amide bonds. The predicted molar refractivity (Wildman–Crippen MR) is 90.1 cm³/mol. The van der Waals surface area contributed by atoms with Crippen molar-refractivity contribution in [2.75, 3.05) is 37.0 Å². The van der Waals surface area contributed by atoms with Crippen molar-refractivity contribution in [3.63, 3.8) is 0 Å². The van der Waals surface area contributed by atoms with Crippen LogP contribution in [0.25, 0.3) is 0 Å². The molecule has 0 saturated carbocycles. The van der Waals surface area contributed by atoms with Gasteiger partial charge < -0.3 is 9.64 Å². The molecular formula is C16H18F2N4O2S. The molecule has 0 unspecified atom stereocenters. The highest BCUT2D eigenvalue weighted by Gasteiger charge is 2.21. The molecule has 6 nitrogen and oxygen atoms in total. The number of hydrogen-bond acceptors (Lipinski definition) is 6. The molecule has 2 aromatic rings. The summed E-state index contributed by atoms with van der Waals surface area (Å²) in [4.78, 5) is 14.3. The molecule has 9 heteroatoms. The molecule has 134 valence electrons. The standard InChI is InChI=1S/C16H18F2N4O2S/c1-2-22-15(21-5-7-24-8-6-21)19-20-16(22)25-10-14(23)12-9-11(17)3-4-13(12)18/h3-4,9H,2,5-8,10H2,1H3. The van der Waals surface area contributed by atoms with Crippen molar-refractivity contribution < 1.29 is 18.3 Å². The summed E-state index contributed by atoms with van der Waals surface area (Å²) < 4.78 is 34.2. The lowest BCUT2D eigenvalue weighted by Gasteiger charge is -2.27. The molecule has 1 aliphatic heterocycles. The van der Waals surface area contributed by atoms with Crippen molar-refractivity contribution >= 4 is 23.5 Å². The molecule has 25 heavy (non-hydrogen) atoms. The van der Waals surface area contributed by atoms with Gasteiger partial charge in [0.15, 0.2) is 10.9 Å². The third-order valence-electron chi connectivity index (χ3n) is 3.87. The van der Waals surface area contributed by atoms with Gasteiger partial charge in [0, 0.05) is 19.6 Å². The van der Waals surface area contributed by atoms with Gasteiger partial charge in [0.05, 0.1) is 24.5 Å². The Balaban J connectivity index is 1.71. The molecule has 1 aromatic carbocycles. The third-order valence-corrected chi connectivity index (χ3v) is 4.84. The second-order valence-electron chi connectivity index (χ2n) is 5.46. The topological polar surface area (TPSA) is 60.2 Å². The van der Waals surface area contributed by atoms with Crippen molar-refractivity contribution in [3.05, 3.63) is 35.4 Å².